The molecule has 142 valence electrons. The average Bonchev–Trinajstić information content (AvgIpc) is 2.56. The summed E-state index contributed by atoms with van der Waals surface area (Å²) >= 11 is 0. The molecule has 0 spiro atoms. The highest BCUT2D eigenvalue weighted by Gasteiger charge is 2.35. The van der Waals surface area contributed by atoms with Crippen molar-refractivity contribution in [3.8, 4) is 11.3 Å². The van der Waals surface area contributed by atoms with Crippen LogP contribution >= 0.6 is 0 Å². The fourth-order valence-electron chi connectivity index (χ4n) is 2.44. The van der Waals surface area contributed by atoms with Crippen LogP contribution in [0.4, 0.5) is 13.2 Å². The maximum atomic E-state index is 13.6. The number of H-pyrrole nitrogens is 1. The number of aromatic nitrogens is 4. The van der Waals surface area contributed by atoms with Gasteiger partial charge in [-0.1, -0.05) is 0 Å². The molecule has 27 heavy (non-hydrogen) atoms. The van der Waals surface area contributed by atoms with E-state index < -0.39 is 44.1 Å². The Hall–Kier alpha value is -3.22. The van der Waals surface area contributed by atoms with E-state index in [2.05, 4.69) is 9.97 Å². The van der Waals surface area contributed by atoms with Crippen molar-refractivity contribution >= 4 is 20.9 Å². The normalized spacial score (nSPS) is 12.3. The number of sulfonamides is 1. The van der Waals surface area contributed by atoms with Crippen LogP contribution in [-0.4, -0.2) is 34.3 Å². The summed E-state index contributed by atoms with van der Waals surface area (Å²) in [6.45, 7) is 0. The highest BCUT2D eigenvalue weighted by molar-refractivity contribution is 7.91. The molecule has 2 heterocycles. The SMILES string of the molecule is CS(=O)(=O)Nn1c(=O)[nH]c(=O)c2cc(-c3ccncn3)c(C(F)(F)F)cc21. The Bertz CT molecular complexity index is 1250. The van der Waals surface area contributed by atoms with Crippen LogP contribution in [0.1, 0.15) is 5.56 Å². The van der Waals surface area contributed by atoms with Gasteiger partial charge in [0.25, 0.3) is 5.56 Å². The summed E-state index contributed by atoms with van der Waals surface area (Å²) in [5, 5.41) is -0.340. The minimum Gasteiger partial charge on any atom is -0.272 e. The lowest BCUT2D eigenvalue weighted by Gasteiger charge is -2.16. The lowest BCUT2D eigenvalue weighted by molar-refractivity contribution is -0.137. The van der Waals surface area contributed by atoms with Gasteiger partial charge in [-0.2, -0.15) is 17.8 Å². The van der Waals surface area contributed by atoms with Gasteiger partial charge in [-0.05, 0) is 18.2 Å². The number of aromatic amines is 1. The topological polar surface area (TPSA) is 127 Å². The van der Waals surface area contributed by atoms with Gasteiger partial charge < -0.3 is 0 Å². The predicted octanol–water partition coefficient (Wildman–Crippen LogP) is 0.669. The third-order valence-corrected chi connectivity index (χ3v) is 3.98. The smallest absolute Gasteiger partial charge is 0.272 e. The fraction of sp³-hybridized carbons (Fsp3) is 0.143. The largest absolute Gasteiger partial charge is 0.417 e. The van der Waals surface area contributed by atoms with Crippen LogP contribution in [0, 0.1) is 0 Å². The highest BCUT2D eigenvalue weighted by Crippen LogP contribution is 2.38. The van der Waals surface area contributed by atoms with E-state index in [4.69, 9.17) is 0 Å². The van der Waals surface area contributed by atoms with Gasteiger partial charge in [0.15, 0.2) is 0 Å². The van der Waals surface area contributed by atoms with Crippen LogP contribution < -0.4 is 16.1 Å². The van der Waals surface area contributed by atoms with Gasteiger partial charge in [0.1, 0.15) is 6.33 Å². The van der Waals surface area contributed by atoms with E-state index in [1.54, 1.807) is 4.83 Å². The number of halogens is 3. The summed E-state index contributed by atoms with van der Waals surface area (Å²) in [5.74, 6) is 0. The van der Waals surface area contributed by atoms with Crippen LogP contribution in [0.3, 0.4) is 0 Å². The third-order valence-electron chi connectivity index (χ3n) is 3.47. The van der Waals surface area contributed by atoms with E-state index in [1.165, 1.54) is 12.3 Å². The molecule has 3 rings (SSSR count). The molecule has 0 bridgehead atoms. The summed E-state index contributed by atoms with van der Waals surface area (Å²) < 4.78 is 64.0. The van der Waals surface area contributed by atoms with Crippen molar-refractivity contribution in [2.24, 2.45) is 0 Å². The molecule has 2 aromatic heterocycles. The van der Waals surface area contributed by atoms with Gasteiger partial charge in [-0.25, -0.2) is 28.0 Å². The van der Waals surface area contributed by atoms with E-state index in [9.17, 15) is 31.2 Å². The van der Waals surface area contributed by atoms with Gasteiger partial charge in [-0.15, -0.1) is 0 Å². The number of hydrogen-bond acceptors (Lipinski definition) is 6. The van der Waals surface area contributed by atoms with E-state index in [0.29, 0.717) is 17.0 Å². The van der Waals surface area contributed by atoms with E-state index in [1.807, 2.05) is 4.98 Å². The van der Waals surface area contributed by atoms with Crippen molar-refractivity contribution in [2.45, 2.75) is 6.18 Å². The van der Waals surface area contributed by atoms with Crippen molar-refractivity contribution in [2.75, 3.05) is 11.1 Å². The summed E-state index contributed by atoms with van der Waals surface area (Å²) in [6.07, 6.45) is -1.90. The van der Waals surface area contributed by atoms with Crippen LogP contribution in [0.15, 0.2) is 40.3 Å². The number of nitrogens with one attached hydrogen (secondary N) is 2. The second-order valence-corrected chi connectivity index (χ2v) is 7.19. The van der Waals surface area contributed by atoms with E-state index in [-0.39, 0.29) is 11.1 Å². The lowest BCUT2D eigenvalue weighted by atomic mass is 10.0. The van der Waals surface area contributed by atoms with E-state index in [0.717, 1.165) is 12.4 Å². The zero-order valence-electron chi connectivity index (χ0n) is 13.4. The maximum absolute atomic E-state index is 13.6. The second kappa shape index (κ2) is 6.19. The summed E-state index contributed by atoms with van der Waals surface area (Å²) in [6, 6.07) is 2.62. The molecule has 0 amide bonds. The number of alkyl halides is 3. The van der Waals surface area contributed by atoms with Crippen molar-refractivity contribution in [3.63, 3.8) is 0 Å². The molecule has 3 aromatic rings. The number of rotatable bonds is 3. The lowest BCUT2D eigenvalue weighted by Crippen LogP contribution is -2.38. The fourth-order valence-corrected chi connectivity index (χ4v) is 2.95. The molecular weight excluding hydrogens is 391 g/mol. The average molecular weight is 401 g/mol. The van der Waals surface area contributed by atoms with Gasteiger partial charge in [0, 0.05) is 11.8 Å². The second-order valence-electron chi connectivity index (χ2n) is 5.47. The predicted molar refractivity (Wildman–Crippen MR) is 89.1 cm³/mol. The molecule has 0 unspecified atom stereocenters. The Kier molecular flexibility index (Phi) is 4.26. The molecule has 0 aliphatic heterocycles. The maximum Gasteiger partial charge on any atom is 0.417 e. The quantitative estimate of drug-likeness (QED) is 0.664. The monoisotopic (exact) mass is 401 g/mol. The first kappa shape index (κ1) is 18.6. The summed E-state index contributed by atoms with van der Waals surface area (Å²) in [4.78, 5) is 35.0. The minimum atomic E-state index is -4.87. The molecule has 0 saturated carbocycles. The molecule has 13 heteroatoms. The van der Waals surface area contributed by atoms with Crippen LogP contribution in [0.2, 0.25) is 0 Å². The first-order valence-corrected chi connectivity index (χ1v) is 9.01. The van der Waals surface area contributed by atoms with Crippen LogP contribution in [0.5, 0.6) is 0 Å². The molecule has 0 radical (unpaired) electrons. The molecule has 2 N–H and O–H groups in total. The first-order valence-electron chi connectivity index (χ1n) is 7.12. The zero-order valence-corrected chi connectivity index (χ0v) is 14.2. The van der Waals surface area contributed by atoms with E-state index >= 15 is 0 Å². The molecule has 0 aliphatic rings. The number of nitrogens with zero attached hydrogens (tertiary/aromatic N) is 3. The summed E-state index contributed by atoms with van der Waals surface area (Å²) in [5.41, 5.74) is -4.51. The Labute approximate surface area is 148 Å². The van der Waals surface area contributed by atoms with Gasteiger partial charge in [-0.3, -0.25) is 9.78 Å². The minimum absolute atomic E-state index is 0.104. The third kappa shape index (κ3) is 3.67. The van der Waals surface area contributed by atoms with Crippen molar-refractivity contribution < 1.29 is 21.6 Å². The molecular formula is C14H10F3N5O4S. The van der Waals surface area contributed by atoms with Crippen LogP contribution in [0.25, 0.3) is 22.2 Å². The zero-order chi connectivity index (χ0) is 20.0. The van der Waals surface area contributed by atoms with Crippen molar-refractivity contribution in [1.82, 2.24) is 19.6 Å². The molecule has 0 aliphatic carbocycles. The Balaban J connectivity index is 2.47. The Morgan fingerprint density at radius 1 is 1.22 bits per heavy atom. The molecule has 1 aromatic carbocycles. The number of fused-ring (bicyclic) bond motifs is 1. The number of benzene rings is 1. The van der Waals surface area contributed by atoms with Gasteiger partial charge in [0.2, 0.25) is 10.0 Å². The molecule has 0 atom stereocenters. The van der Waals surface area contributed by atoms with Crippen molar-refractivity contribution in [1.29, 1.82) is 0 Å². The van der Waals surface area contributed by atoms with Gasteiger partial charge in [0.05, 0.1) is 28.4 Å². The molecule has 9 nitrogen and oxygen atoms in total. The first-order chi connectivity index (χ1) is 12.5. The summed E-state index contributed by atoms with van der Waals surface area (Å²) in [7, 11) is -4.03. The highest BCUT2D eigenvalue weighted by atomic mass is 32.2. The van der Waals surface area contributed by atoms with Gasteiger partial charge >= 0.3 is 11.9 Å². The Morgan fingerprint density at radius 2 is 1.93 bits per heavy atom. The molecule has 0 fully saturated rings. The Morgan fingerprint density at radius 3 is 2.48 bits per heavy atom. The number of hydrogen-bond donors (Lipinski definition) is 2. The van der Waals surface area contributed by atoms with Crippen LogP contribution in [-0.2, 0) is 16.2 Å². The standard InChI is InChI=1S/C14H10F3N5O4S/c1-27(25,26)21-22-11-5-9(14(15,16)17)7(10-2-3-18-6-19-10)4-8(11)12(23)20-13(22)24/h2-6,21H,1H3,(H,20,23,24). The van der Waals surface area contributed by atoms with Crippen molar-refractivity contribution in [3.05, 3.63) is 57.1 Å². The molecule has 0 saturated heterocycles.